The van der Waals surface area contributed by atoms with Gasteiger partial charge in [-0.25, -0.2) is 15.0 Å². The lowest BCUT2D eigenvalue weighted by atomic mass is 9.94. The number of pyridine rings is 1. The first-order valence-corrected chi connectivity index (χ1v) is 17.0. The van der Waals surface area contributed by atoms with Gasteiger partial charge in [-0.05, 0) is 73.6 Å². The Balaban J connectivity index is 1.07. The molecule has 0 fully saturated rings. The summed E-state index contributed by atoms with van der Waals surface area (Å²) in [6.45, 7) is 0. The first-order chi connectivity index (χ1) is 25.3. The highest BCUT2D eigenvalue weighted by molar-refractivity contribution is 6.18. The highest BCUT2D eigenvalue weighted by atomic mass is 16.3. The van der Waals surface area contributed by atoms with E-state index in [9.17, 15) is 0 Å². The Morgan fingerprint density at radius 1 is 0.373 bits per heavy atom. The van der Waals surface area contributed by atoms with E-state index in [0.717, 1.165) is 49.6 Å². The number of hydrogen-bond acceptors (Lipinski definition) is 5. The smallest absolute Gasteiger partial charge is 0.164 e. The lowest BCUT2D eigenvalue weighted by Crippen LogP contribution is -2.00. The van der Waals surface area contributed by atoms with Gasteiger partial charge in [-0.1, -0.05) is 121 Å². The van der Waals surface area contributed by atoms with Crippen LogP contribution in [-0.4, -0.2) is 19.9 Å². The molecule has 0 radical (unpaired) electrons. The van der Waals surface area contributed by atoms with E-state index in [1.54, 1.807) is 0 Å². The molecule has 0 saturated carbocycles. The van der Waals surface area contributed by atoms with Gasteiger partial charge in [0.25, 0.3) is 0 Å². The molecule has 51 heavy (non-hydrogen) atoms. The van der Waals surface area contributed by atoms with Gasteiger partial charge < -0.3 is 4.42 Å². The van der Waals surface area contributed by atoms with Crippen LogP contribution in [0.1, 0.15) is 0 Å². The highest BCUT2D eigenvalue weighted by Gasteiger charge is 2.23. The van der Waals surface area contributed by atoms with Gasteiger partial charge in [0.05, 0.1) is 0 Å². The molecular formula is C46H26N4O. The van der Waals surface area contributed by atoms with Crippen LogP contribution in [0.4, 0.5) is 0 Å². The molecule has 0 saturated heterocycles. The van der Waals surface area contributed by atoms with Crippen molar-refractivity contribution in [2.75, 3.05) is 0 Å². The van der Waals surface area contributed by atoms with Crippen molar-refractivity contribution in [3.8, 4) is 67.5 Å². The van der Waals surface area contributed by atoms with Gasteiger partial charge in [0.2, 0.25) is 0 Å². The van der Waals surface area contributed by atoms with Crippen LogP contribution in [0.3, 0.4) is 0 Å². The summed E-state index contributed by atoms with van der Waals surface area (Å²) in [6.07, 6.45) is 3.85. The van der Waals surface area contributed by atoms with Gasteiger partial charge in [0.1, 0.15) is 11.2 Å². The second-order valence-electron chi connectivity index (χ2n) is 13.0. The fraction of sp³-hybridized carbons (Fsp3) is 0. The number of aromatic nitrogens is 4. The molecule has 5 nitrogen and oxygen atoms in total. The third-order valence-corrected chi connectivity index (χ3v) is 10.2. The van der Waals surface area contributed by atoms with Gasteiger partial charge in [-0.2, -0.15) is 0 Å². The molecule has 236 valence electrons. The number of para-hydroxylation sites is 1. The molecular weight excluding hydrogens is 625 g/mol. The molecule has 3 aromatic heterocycles. The molecule has 0 amide bonds. The van der Waals surface area contributed by atoms with Crippen molar-refractivity contribution < 1.29 is 4.42 Å². The molecule has 0 unspecified atom stereocenters. The normalized spacial score (nSPS) is 11.9. The molecule has 0 bridgehead atoms. The van der Waals surface area contributed by atoms with Gasteiger partial charge >= 0.3 is 0 Å². The monoisotopic (exact) mass is 650 g/mol. The summed E-state index contributed by atoms with van der Waals surface area (Å²) >= 11 is 0. The van der Waals surface area contributed by atoms with Crippen molar-refractivity contribution >= 4 is 43.5 Å². The van der Waals surface area contributed by atoms with Crippen LogP contribution in [-0.2, 0) is 0 Å². The van der Waals surface area contributed by atoms with E-state index in [4.69, 9.17) is 19.4 Å². The van der Waals surface area contributed by atoms with E-state index in [1.807, 2.05) is 42.7 Å². The van der Waals surface area contributed by atoms with Crippen molar-refractivity contribution in [2.45, 2.75) is 0 Å². The minimum absolute atomic E-state index is 0.603. The number of nitrogens with zero attached hydrogens (tertiary/aromatic N) is 4. The molecule has 0 N–H and O–H groups in total. The summed E-state index contributed by atoms with van der Waals surface area (Å²) in [4.78, 5) is 19.8. The summed E-state index contributed by atoms with van der Waals surface area (Å²) in [5.41, 5.74) is 11.7. The molecule has 0 spiro atoms. The molecule has 11 rings (SSSR count). The zero-order valence-electron chi connectivity index (χ0n) is 27.2. The molecule has 1 aliphatic carbocycles. The van der Waals surface area contributed by atoms with Crippen molar-refractivity contribution in [1.29, 1.82) is 0 Å². The maximum atomic E-state index is 6.24. The average Bonchev–Trinajstić information content (AvgIpc) is 3.75. The quantitative estimate of drug-likeness (QED) is 0.190. The lowest BCUT2D eigenvalue weighted by molar-refractivity contribution is 0.669. The second kappa shape index (κ2) is 10.8. The first kappa shape index (κ1) is 27.9. The molecule has 0 aliphatic heterocycles. The van der Waals surface area contributed by atoms with E-state index >= 15 is 0 Å². The number of rotatable bonds is 4. The molecule has 3 heterocycles. The van der Waals surface area contributed by atoms with Gasteiger partial charge in [0.15, 0.2) is 17.5 Å². The number of benzene rings is 7. The van der Waals surface area contributed by atoms with Crippen LogP contribution < -0.4 is 0 Å². The van der Waals surface area contributed by atoms with Gasteiger partial charge in [-0.3, -0.25) is 4.98 Å². The zero-order chi connectivity index (χ0) is 33.5. The number of fused-ring (bicyclic) bond motifs is 7. The van der Waals surface area contributed by atoms with Crippen LogP contribution in [0, 0.1) is 0 Å². The maximum Gasteiger partial charge on any atom is 0.164 e. The minimum atomic E-state index is 0.603. The fourth-order valence-corrected chi connectivity index (χ4v) is 7.79. The topological polar surface area (TPSA) is 64.7 Å². The predicted octanol–water partition coefficient (Wildman–Crippen LogP) is 11.8. The Hall–Kier alpha value is -6.98. The predicted molar refractivity (Wildman–Crippen MR) is 206 cm³/mol. The van der Waals surface area contributed by atoms with Crippen LogP contribution in [0.5, 0.6) is 0 Å². The fourth-order valence-electron chi connectivity index (χ4n) is 7.79. The summed E-state index contributed by atoms with van der Waals surface area (Å²) in [7, 11) is 0. The molecule has 1 aliphatic rings. The van der Waals surface area contributed by atoms with E-state index in [2.05, 4.69) is 120 Å². The van der Waals surface area contributed by atoms with E-state index in [1.165, 1.54) is 44.0 Å². The number of furan rings is 1. The average molecular weight is 651 g/mol. The van der Waals surface area contributed by atoms with Crippen molar-refractivity contribution in [3.05, 3.63) is 158 Å². The van der Waals surface area contributed by atoms with Gasteiger partial charge in [-0.15, -0.1) is 0 Å². The number of hydrogen-bond donors (Lipinski definition) is 0. The van der Waals surface area contributed by atoms with Crippen LogP contribution in [0.15, 0.2) is 162 Å². The molecule has 5 heteroatoms. The highest BCUT2D eigenvalue weighted by Crippen LogP contribution is 2.49. The molecule has 0 atom stereocenters. The second-order valence-corrected chi connectivity index (χ2v) is 13.0. The lowest BCUT2D eigenvalue weighted by Gasteiger charge is -2.12. The van der Waals surface area contributed by atoms with E-state index in [-0.39, 0.29) is 0 Å². The zero-order valence-corrected chi connectivity index (χ0v) is 27.2. The Morgan fingerprint density at radius 2 is 1.04 bits per heavy atom. The minimum Gasteiger partial charge on any atom is -0.456 e. The first-order valence-electron chi connectivity index (χ1n) is 17.0. The van der Waals surface area contributed by atoms with E-state index < -0.39 is 0 Å². The van der Waals surface area contributed by atoms with E-state index in [0.29, 0.717) is 17.5 Å². The summed E-state index contributed by atoms with van der Waals surface area (Å²) in [5, 5.41) is 6.85. The Kier molecular flexibility index (Phi) is 5.89. The van der Waals surface area contributed by atoms with Crippen molar-refractivity contribution in [3.63, 3.8) is 0 Å². The standard InChI is InChI=1S/C46H26N4O/c1-2-8-30-25-31(20-15-27(30)7-1)45-48-44(49-46(50-45)38-12-6-14-41-43(38)37-9-3-4-13-40(37)51-41)29-18-16-28(17-19-29)32-21-22-36-33-23-24-47-26-39(33)35-11-5-10-34(32)42(35)36/h1-26H. The Labute approximate surface area is 292 Å². The maximum absolute atomic E-state index is 6.24. The molecule has 10 aromatic rings. The summed E-state index contributed by atoms with van der Waals surface area (Å²) in [5.74, 6) is 1.84. The van der Waals surface area contributed by atoms with Crippen LogP contribution in [0.25, 0.3) is 111 Å². The third-order valence-electron chi connectivity index (χ3n) is 10.2. The van der Waals surface area contributed by atoms with Crippen molar-refractivity contribution in [2.24, 2.45) is 0 Å². The Bertz CT molecular complexity index is 3000. The third kappa shape index (κ3) is 4.28. The SMILES string of the molecule is c1ccc2cc(-c3nc(-c4ccc(-c5ccc6c7c(cccc57)-c5cnccc5-6)cc4)nc(-c4cccc5oc6ccccc6c45)n3)ccc2c1. The summed E-state index contributed by atoms with van der Waals surface area (Å²) < 4.78 is 6.24. The largest absolute Gasteiger partial charge is 0.456 e. The molecule has 7 aromatic carbocycles. The van der Waals surface area contributed by atoms with Crippen LogP contribution in [0.2, 0.25) is 0 Å². The van der Waals surface area contributed by atoms with Gasteiger partial charge in [0, 0.05) is 45.4 Å². The summed E-state index contributed by atoms with van der Waals surface area (Å²) in [6, 6.07) is 50.6. The van der Waals surface area contributed by atoms with Crippen molar-refractivity contribution in [1.82, 2.24) is 19.9 Å². The van der Waals surface area contributed by atoms with Crippen LogP contribution >= 0.6 is 0 Å². The Morgan fingerprint density at radius 3 is 1.96 bits per heavy atom.